The molecule has 2 aromatic rings. The smallest absolute Gasteiger partial charge is 0.348 e. The molecule has 1 aliphatic rings. The van der Waals surface area contributed by atoms with Crippen molar-refractivity contribution in [1.29, 1.82) is 0 Å². The second-order valence-electron chi connectivity index (χ2n) is 7.56. The molecule has 1 heterocycles. The number of hydrogen-bond acceptors (Lipinski definition) is 4. The first-order valence-electron chi connectivity index (χ1n) is 8.79. The van der Waals surface area contributed by atoms with E-state index in [4.69, 9.17) is 11.6 Å². The summed E-state index contributed by atoms with van der Waals surface area (Å²) >= 11 is 6.04. The maximum atomic E-state index is 12.5. The van der Waals surface area contributed by atoms with Crippen LogP contribution in [0, 0.1) is 12.8 Å². The number of hydrogen-bond donors (Lipinski definition) is 1. The van der Waals surface area contributed by atoms with E-state index in [0.29, 0.717) is 10.9 Å². The van der Waals surface area contributed by atoms with Gasteiger partial charge in [0.25, 0.3) is 0 Å². The average Bonchev–Trinajstić information content (AvgIpc) is 3.36. The first-order valence-corrected chi connectivity index (χ1v) is 9.16. The fourth-order valence-corrected chi connectivity index (χ4v) is 3.26. The average molecular weight is 378 g/mol. The summed E-state index contributed by atoms with van der Waals surface area (Å²) in [6, 6.07) is 5.42. The zero-order valence-electron chi connectivity index (χ0n) is 15.5. The number of aryl methyl sites for hydroxylation is 1. The van der Waals surface area contributed by atoms with E-state index in [-0.39, 0.29) is 29.7 Å². The highest BCUT2D eigenvalue weighted by Crippen LogP contribution is 2.42. The van der Waals surface area contributed by atoms with Gasteiger partial charge in [0.15, 0.2) is 0 Å². The lowest BCUT2D eigenvalue weighted by Gasteiger charge is -2.22. The Hall–Kier alpha value is -2.15. The summed E-state index contributed by atoms with van der Waals surface area (Å²) in [5, 5.41) is 11.4. The zero-order chi connectivity index (χ0) is 19.1. The fraction of sp³-hybridized carbons (Fsp3) is 0.556. The van der Waals surface area contributed by atoms with Gasteiger partial charge in [0.05, 0.1) is 11.6 Å². The van der Waals surface area contributed by atoms with Crippen molar-refractivity contribution in [2.75, 3.05) is 0 Å². The Labute approximate surface area is 157 Å². The molecule has 26 heavy (non-hydrogen) atoms. The summed E-state index contributed by atoms with van der Waals surface area (Å²) in [5.74, 6) is 0.149. The van der Waals surface area contributed by atoms with E-state index in [0.717, 1.165) is 28.7 Å². The summed E-state index contributed by atoms with van der Waals surface area (Å²) < 4.78 is 2.50. The molecule has 7 nitrogen and oxygen atoms in total. The fourth-order valence-electron chi connectivity index (χ4n) is 3.14. The second-order valence-corrected chi connectivity index (χ2v) is 7.96. The molecule has 1 N–H and O–H groups in total. The molecule has 1 aliphatic carbocycles. The molecular formula is C18H24ClN5O2. The molecule has 1 aromatic heterocycles. The van der Waals surface area contributed by atoms with Crippen molar-refractivity contribution in [3.8, 4) is 0 Å². The minimum atomic E-state index is -0.375. The van der Waals surface area contributed by atoms with Crippen molar-refractivity contribution in [2.24, 2.45) is 5.92 Å². The zero-order valence-corrected chi connectivity index (χ0v) is 16.2. The second kappa shape index (κ2) is 6.87. The van der Waals surface area contributed by atoms with Crippen molar-refractivity contribution in [1.82, 2.24) is 25.1 Å². The number of amides is 1. The van der Waals surface area contributed by atoms with Gasteiger partial charge in [-0.2, -0.15) is 9.36 Å². The standard InChI is InChI=1S/C18H24ClN5O2/c1-11-9-13(5-8-15(11)19)12(2)20-16(25)10-23-17(26)24(22-21-23)18(3,4)14-6-7-14/h5,8-9,12,14H,6-7,10H2,1-4H3,(H,20,25)/t12-/m0/s1. The molecule has 1 fully saturated rings. The van der Waals surface area contributed by atoms with Gasteiger partial charge < -0.3 is 5.32 Å². The van der Waals surface area contributed by atoms with Crippen molar-refractivity contribution in [3.63, 3.8) is 0 Å². The number of tetrazole rings is 1. The Bertz CT molecular complexity index is 882. The number of halogens is 1. The minimum Gasteiger partial charge on any atom is -0.348 e. The van der Waals surface area contributed by atoms with E-state index in [1.54, 1.807) is 0 Å². The molecule has 1 atom stereocenters. The number of aromatic nitrogens is 4. The predicted octanol–water partition coefficient (Wildman–Crippen LogP) is 2.42. The Balaban J connectivity index is 1.67. The van der Waals surface area contributed by atoms with Crippen molar-refractivity contribution < 1.29 is 4.79 Å². The third-order valence-corrected chi connectivity index (χ3v) is 5.54. The van der Waals surface area contributed by atoms with E-state index in [2.05, 4.69) is 15.7 Å². The third-order valence-electron chi connectivity index (χ3n) is 5.11. The van der Waals surface area contributed by atoms with Crippen LogP contribution < -0.4 is 11.0 Å². The van der Waals surface area contributed by atoms with E-state index >= 15 is 0 Å². The molecule has 0 unspecified atom stereocenters. The SMILES string of the molecule is Cc1cc([C@H](C)NC(=O)Cn2nnn(C(C)(C)C3CC3)c2=O)ccc1Cl. The van der Waals surface area contributed by atoms with Crippen LogP contribution in [0.3, 0.4) is 0 Å². The summed E-state index contributed by atoms with van der Waals surface area (Å²) in [5.41, 5.74) is 1.17. The van der Waals surface area contributed by atoms with Crippen LogP contribution in [0.15, 0.2) is 23.0 Å². The molecule has 0 aliphatic heterocycles. The van der Waals surface area contributed by atoms with Crippen LogP contribution in [0.5, 0.6) is 0 Å². The van der Waals surface area contributed by atoms with Gasteiger partial charge in [0, 0.05) is 5.02 Å². The van der Waals surface area contributed by atoms with E-state index in [1.807, 2.05) is 45.9 Å². The van der Waals surface area contributed by atoms with Gasteiger partial charge in [-0.1, -0.05) is 23.7 Å². The number of carbonyl (C=O) groups is 1. The van der Waals surface area contributed by atoms with Crippen molar-refractivity contribution in [3.05, 3.63) is 44.8 Å². The summed E-state index contributed by atoms with van der Waals surface area (Å²) in [6.07, 6.45) is 2.18. The molecule has 0 radical (unpaired) electrons. The Morgan fingerprint density at radius 3 is 2.69 bits per heavy atom. The van der Waals surface area contributed by atoms with Crippen molar-refractivity contribution in [2.45, 2.75) is 58.7 Å². The first-order chi connectivity index (χ1) is 12.2. The Kier molecular flexibility index (Phi) is 4.92. The van der Waals surface area contributed by atoms with Gasteiger partial charge in [-0.25, -0.2) is 4.79 Å². The molecule has 1 aromatic carbocycles. The maximum absolute atomic E-state index is 12.5. The van der Waals surface area contributed by atoms with Gasteiger partial charge in [-0.15, -0.1) is 0 Å². The molecule has 3 rings (SSSR count). The van der Waals surface area contributed by atoms with Crippen LogP contribution >= 0.6 is 11.6 Å². The molecule has 0 spiro atoms. The van der Waals surface area contributed by atoms with Crippen LogP contribution in [0.2, 0.25) is 5.02 Å². The molecule has 1 saturated carbocycles. The molecule has 140 valence electrons. The quantitative estimate of drug-likeness (QED) is 0.838. The largest absolute Gasteiger partial charge is 0.364 e. The number of nitrogens with zero attached hydrogens (tertiary/aromatic N) is 4. The highest BCUT2D eigenvalue weighted by Gasteiger charge is 2.41. The molecule has 0 bridgehead atoms. The van der Waals surface area contributed by atoms with Crippen LogP contribution in [0.25, 0.3) is 0 Å². The topological polar surface area (TPSA) is 81.8 Å². The van der Waals surface area contributed by atoms with Gasteiger partial charge in [0.2, 0.25) is 5.91 Å². The van der Waals surface area contributed by atoms with Crippen LogP contribution in [0.1, 0.15) is 50.8 Å². The normalized spacial score (nSPS) is 15.7. The molecule has 1 amide bonds. The van der Waals surface area contributed by atoms with Crippen LogP contribution in [-0.4, -0.2) is 25.7 Å². The summed E-state index contributed by atoms with van der Waals surface area (Å²) in [6.45, 7) is 7.61. The number of carbonyl (C=O) groups excluding carboxylic acids is 1. The number of benzene rings is 1. The lowest BCUT2D eigenvalue weighted by molar-refractivity contribution is -0.122. The molecule has 0 saturated heterocycles. The maximum Gasteiger partial charge on any atom is 0.364 e. The minimum absolute atomic E-state index is 0.156. The monoisotopic (exact) mass is 377 g/mol. The van der Waals surface area contributed by atoms with Gasteiger partial charge in [-0.05, 0) is 74.1 Å². The Morgan fingerprint density at radius 2 is 2.08 bits per heavy atom. The lowest BCUT2D eigenvalue weighted by Crippen LogP contribution is -2.41. The van der Waals surface area contributed by atoms with Gasteiger partial charge in [0.1, 0.15) is 6.54 Å². The highest BCUT2D eigenvalue weighted by molar-refractivity contribution is 6.31. The van der Waals surface area contributed by atoms with Crippen LogP contribution in [-0.2, 0) is 16.9 Å². The van der Waals surface area contributed by atoms with Crippen LogP contribution in [0.4, 0.5) is 0 Å². The molecular weight excluding hydrogens is 354 g/mol. The summed E-state index contributed by atoms with van der Waals surface area (Å²) in [4.78, 5) is 24.9. The lowest BCUT2D eigenvalue weighted by atomic mass is 9.99. The number of nitrogens with one attached hydrogen (secondary N) is 1. The van der Waals surface area contributed by atoms with Gasteiger partial charge in [-0.3, -0.25) is 4.79 Å². The van der Waals surface area contributed by atoms with E-state index in [1.165, 1.54) is 4.68 Å². The first kappa shape index (κ1) is 18.6. The predicted molar refractivity (Wildman–Crippen MR) is 99.1 cm³/mol. The summed E-state index contributed by atoms with van der Waals surface area (Å²) in [7, 11) is 0. The molecule has 8 heteroatoms. The van der Waals surface area contributed by atoms with E-state index < -0.39 is 0 Å². The number of rotatable bonds is 6. The van der Waals surface area contributed by atoms with Crippen molar-refractivity contribution >= 4 is 17.5 Å². The Morgan fingerprint density at radius 1 is 1.38 bits per heavy atom. The van der Waals surface area contributed by atoms with Gasteiger partial charge >= 0.3 is 5.69 Å². The highest BCUT2D eigenvalue weighted by atomic mass is 35.5. The third kappa shape index (κ3) is 3.67. The van der Waals surface area contributed by atoms with E-state index in [9.17, 15) is 9.59 Å².